The number of carbonyl (C=O) groups excluding carboxylic acids is 2. The summed E-state index contributed by atoms with van der Waals surface area (Å²) in [5.41, 5.74) is 0. The van der Waals surface area contributed by atoms with E-state index in [0.717, 1.165) is 12.8 Å². The fraction of sp³-hybridized carbons (Fsp3) is 0.818. The minimum Gasteiger partial charge on any atom is -0.341 e. The smallest absolute Gasteiger partial charge is 0.302 e. The molecular weight excluding hydrogens is 275 g/mol. The van der Waals surface area contributed by atoms with Gasteiger partial charge in [-0.15, -0.1) is 3.89 Å². The van der Waals surface area contributed by atoms with Gasteiger partial charge in [0.15, 0.2) is 0 Å². The van der Waals surface area contributed by atoms with Crippen molar-refractivity contribution in [2.75, 3.05) is 31.9 Å². The first-order chi connectivity index (χ1) is 8.85. The molecule has 2 amide bonds. The molecule has 2 aliphatic rings. The van der Waals surface area contributed by atoms with Crippen molar-refractivity contribution in [2.45, 2.75) is 19.3 Å². The zero-order valence-corrected chi connectivity index (χ0v) is 11.4. The molecule has 2 rings (SSSR count). The van der Waals surface area contributed by atoms with E-state index in [4.69, 9.17) is 0 Å². The van der Waals surface area contributed by atoms with Crippen molar-refractivity contribution in [3.05, 3.63) is 0 Å². The van der Waals surface area contributed by atoms with Gasteiger partial charge in [0.1, 0.15) is 0 Å². The topological polar surface area (TPSA) is 74.8 Å². The molecule has 8 heteroatoms. The van der Waals surface area contributed by atoms with Gasteiger partial charge < -0.3 is 9.80 Å². The average Bonchev–Trinajstić information content (AvgIpc) is 2.87. The second-order valence-electron chi connectivity index (χ2n) is 5.14. The van der Waals surface area contributed by atoms with Crippen LogP contribution in [0.4, 0.5) is 3.89 Å². The molecule has 2 heterocycles. The molecule has 0 saturated carbocycles. The number of rotatable bonds is 4. The first kappa shape index (κ1) is 14.2. The Morgan fingerprint density at radius 2 is 1.95 bits per heavy atom. The largest absolute Gasteiger partial charge is 0.341 e. The number of hydrogen-bond acceptors (Lipinski definition) is 4. The van der Waals surface area contributed by atoms with Crippen molar-refractivity contribution >= 4 is 22.0 Å². The molecule has 0 N–H and O–H groups in total. The lowest BCUT2D eigenvalue weighted by atomic mass is 10.1. The van der Waals surface area contributed by atoms with Crippen LogP contribution in [0.2, 0.25) is 0 Å². The Morgan fingerprint density at radius 1 is 1.32 bits per heavy atom. The van der Waals surface area contributed by atoms with Crippen LogP contribution in [0, 0.1) is 5.92 Å². The van der Waals surface area contributed by atoms with Crippen molar-refractivity contribution < 1.29 is 21.9 Å². The number of amides is 2. The molecule has 108 valence electrons. The zero-order chi connectivity index (χ0) is 14.0. The molecule has 0 aromatic heterocycles. The maximum Gasteiger partial charge on any atom is 0.302 e. The van der Waals surface area contributed by atoms with Gasteiger partial charge in [-0.25, -0.2) is 0 Å². The summed E-state index contributed by atoms with van der Waals surface area (Å²) in [4.78, 5) is 26.6. The van der Waals surface area contributed by atoms with Gasteiger partial charge in [0.2, 0.25) is 11.8 Å². The molecule has 0 aromatic carbocycles. The highest BCUT2D eigenvalue weighted by atomic mass is 32.3. The monoisotopic (exact) mass is 292 g/mol. The Balaban J connectivity index is 1.87. The van der Waals surface area contributed by atoms with E-state index >= 15 is 0 Å². The van der Waals surface area contributed by atoms with Gasteiger partial charge >= 0.3 is 10.2 Å². The summed E-state index contributed by atoms with van der Waals surface area (Å²) in [6, 6.07) is 0. The zero-order valence-electron chi connectivity index (χ0n) is 10.5. The van der Waals surface area contributed by atoms with Crippen LogP contribution in [-0.2, 0) is 19.8 Å². The van der Waals surface area contributed by atoms with Crippen LogP contribution < -0.4 is 0 Å². The Morgan fingerprint density at radius 3 is 2.53 bits per heavy atom. The lowest BCUT2D eigenvalue weighted by Crippen LogP contribution is -2.39. The van der Waals surface area contributed by atoms with Crippen LogP contribution in [0.15, 0.2) is 0 Å². The summed E-state index contributed by atoms with van der Waals surface area (Å²) in [5, 5.41) is 0. The molecule has 2 aliphatic heterocycles. The first-order valence-electron chi connectivity index (χ1n) is 6.33. The third-order valence-corrected chi connectivity index (χ3v) is 4.38. The number of likely N-dealkylation sites (tertiary alicyclic amines) is 2. The molecular formula is C11H17FN2O4S. The summed E-state index contributed by atoms with van der Waals surface area (Å²) < 4.78 is 33.7. The van der Waals surface area contributed by atoms with Crippen LogP contribution in [0.25, 0.3) is 0 Å². The maximum absolute atomic E-state index is 12.6. The molecule has 19 heavy (non-hydrogen) atoms. The van der Waals surface area contributed by atoms with Gasteiger partial charge in [0.05, 0.1) is 12.3 Å². The lowest BCUT2D eigenvalue weighted by molar-refractivity contribution is -0.137. The van der Waals surface area contributed by atoms with E-state index in [9.17, 15) is 21.9 Å². The predicted octanol–water partition coefficient (Wildman–Crippen LogP) is -0.243. The van der Waals surface area contributed by atoms with Crippen molar-refractivity contribution in [1.82, 2.24) is 9.80 Å². The van der Waals surface area contributed by atoms with E-state index in [2.05, 4.69) is 0 Å². The molecule has 0 bridgehead atoms. The summed E-state index contributed by atoms with van der Waals surface area (Å²) in [5.74, 6) is -1.59. The highest BCUT2D eigenvalue weighted by molar-refractivity contribution is 7.86. The van der Waals surface area contributed by atoms with Gasteiger partial charge in [-0.3, -0.25) is 9.59 Å². The maximum atomic E-state index is 12.6. The second kappa shape index (κ2) is 5.44. The van der Waals surface area contributed by atoms with E-state index in [1.54, 1.807) is 4.90 Å². The third-order valence-electron chi connectivity index (χ3n) is 3.51. The summed E-state index contributed by atoms with van der Waals surface area (Å²) in [6.07, 6.45) is 1.95. The number of carbonyl (C=O) groups is 2. The summed E-state index contributed by atoms with van der Waals surface area (Å²) in [7, 11) is -4.57. The minimum atomic E-state index is -4.57. The Kier molecular flexibility index (Phi) is 4.07. The van der Waals surface area contributed by atoms with Gasteiger partial charge in [0, 0.05) is 32.0 Å². The van der Waals surface area contributed by atoms with Gasteiger partial charge in [-0.05, 0) is 12.8 Å². The lowest BCUT2D eigenvalue weighted by Gasteiger charge is -2.21. The summed E-state index contributed by atoms with van der Waals surface area (Å²) in [6.45, 7) is 1.54. The van der Waals surface area contributed by atoms with E-state index in [-0.39, 0.29) is 31.3 Å². The fourth-order valence-corrected chi connectivity index (χ4v) is 3.42. The fourth-order valence-electron chi connectivity index (χ4n) is 2.63. The molecule has 0 aliphatic carbocycles. The number of nitrogens with zero attached hydrogens (tertiary/aromatic N) is 2. The van der Waals surface area contributed by atoms with Crippen LogP contribution in [0.5, 0.6) is 0 Å². The third kappa shape index (κ3) is 3.89. The van der Waals surface area contributed by atoms with Crippen LogP contribution in [0.3, 0.4) is 0 Å². The van der Waals surface area contributed by atoms with E-state index in [0.29, 0.717) is 13.1 Å². The summed E-state index contributed by atoms with van der Waals surface area (Å²) >= 11 is 0. The molecule has 1 unspecified atom stereocenters. The quantitative estimate of drug-likeness (QED) is 0.670. The van der Waals surface area contributed by atoms with E-state index in [1.165, 1.54) is 4.90 Å². The molecule has 6 nitrogen and oxygen atoms in total. The van der Waals surface area contributed by atoms with Crippen molar-refractivity contribution in [1.29, 1.82) is 0 Å². The highest BCUT2D eigenvalue weighted by Crippen LogP contribution is 2.20. The first-order valence-corrected chi connectivity index (χ1v) is 7.88. The van der Waals surface area contributed by atoms with Crippen LogP contribution >= 0.6 is 0 Å². The normalized spacial score (nSPS) is 24.3. The molecule has 2 fully saturated rings. The Hall–Kier alpha value is -1.18. The van der Waals surface area contributed by atoms with Crippen LogP contribution in [0.1, 0.15) is 19.3 Å². The van der Waals surface area contributed by atoms with Gasteiger partial charge in [0.25, 0.3) is 0 Å². The number of hydrogen-bond donors (Lipinski definition) is 0. The second-order valence-corrected chi connectivity index (χ2v) is 6.55. The van der Waals surface area contributed by atoms with Crippen molar-refractivity contribution in [2.24, 2.45) is 5.92 Å². The van der Waals surface area contributed by atoms with Gasteiger partial charge in [-0.1, -0.05) is 0 Å². The molecule has 0 radical (unpaired) electrons. The Bertz CT molecular complexity index is 473. The van der Waals surface area contributed by atoms with Gasteiger partial charge in [-0.2, -0.15) is 8.42 Å². The standard InChI is InChI=1S/C11H17FN2O4S/c12-19(17,18)8-9-5-10(15)14(6-9)7-11(16)13-3-1-2-4-13/h9H,1-8H2. The van der Waals surface area contributed by atoms with Crippen LogP contribution in [-0.4, -0.2) is 62.0 Å². The molecule has 2 saturated heterocycles. The minimum absolute atomic E-state index is 0.00354. The predicted molar refractivity (Wildman–Crippen MR) is 65.4 cm³/mol. The van der Waals surface area contributed by atoms with E-state index in [1.807, 2.05) is 0 Å². The SMILES string of the molecule is O=C(CN1CC(CS(=O)(=O)F)CC1=O)N1CCCC1. The molecule has 0 aromatic rings. The van der Waals surface area contributed by atoms with E-state index < -0.39 is 21.9 Å². The van der Waals surface area contributed by atoms with Crippen molar-refractivity contribution in [3.8, 4) is 0 Å². The van der Waals surface area contributed by atoms with Crippen molar-refractivity contribution in [3.63, 3.8) is 0 Å². The highest BCUT2D eigenvalue weighted by Gasteiger charge is 2.34. The number of halogens is 1. The Labute approximate surface area is 111 Å². The molecule has 1 atom stereocenters. The molecule has 0 spiro atoms. The average molecular weight is 292 g/mol.